The van der Waals surface area contributed by atoms with Gasteiger partial charge in [0.15, 0.2) is 5.13 Å². The molecule has 0 spiro atoms. The average Bonchev–Trinajstić information content (AvgIpc) is 3.53. The molecule has 0 fully saturated rings. The Morgan fingerprint density at radius 1 is 1.12 bits per heavy atom. The van der Waals surface area contributed by atoms with Crippen molar-refractivity contribution in [3.8, 4) is 0 Å². The number of thiophene rings is 1. The summed E-state index contributed by atoms with van der Waals surface area (Å²) in [6.45, 7) is 5.47. The second kappa shape index (κ2) is 8.65. The van der Waals surface area contributed by atoms with Crippen LogP contribution in [0.15, 0.2) is 55.1 Å². The van der Waals surface area contributed by atoms with Crippen LogP contribution in [0.5, 0.6) is 0 Å². The molecule has 3 heterocycles. The Morgan fingerprint density at radius 3 is 2.75 bits per heavy atom. The number of halogens is 1. The number of hydrogen-bond donors (Lipinski definition) is 0. The average molecular weight is 481 g/mol. The maximum atomic E-state index is 13.8. The first-order valence-corrected chi connectivity index (χ1v) is 12.4. The van der Waals surface area contributed by atoms with Crippen LogP contribution in [-0.2, 0) is 6.54 Å². The minimum absolute atomic E-state index is 0.102. The zero-order chi connectivity index (χ0) is 22.2. The number of carbonyl (C=O) groups excluding carboxylic acids is 1. The van der Waals surface area contributed by atoms with Crippen molar-refractivity contribution in [2.45, 2.75) is 26.8 Å². The van der Waals surface area contributed by atoms with Crippen molar-refractivity contribution in [1.29, 1.82) is 0 Å². The molecule has 0 saturated carbocycles. The number of thiazole rings is 1. The van der Waals surface area contributed by atoms with Gasteiger partial charge in [-0.2, -0.15) is 0 Å². The highest BCUT2D eigenvalue weighted by Crippen LogP contribution is 2.38. The van der Waals surface area contributed by atoms with Gasteiger partial charge < -0.3 is 4.57 Å². The first-order valence-electron chi connectivity index (χ1n) is 10.3. The molecule has 5 rings (SSSR count). The Labute approximate surface area is 198 Å². The molecule has 0 N–H and O–H groups in total. The molecule has 5 aromatic rings. The van der Waals surface area contributed by atoms with Crippen LogP contribution in [0.4, 0.5) is 5.13 Å². The highest BCUT2D eigenvalue weighted by Gasteiger charge is 2.26. The first kappa shape index (κ1) is 21.1. The van der Waals surface area contributed by atoms with Gasteiger partial charge in [0.1, 0.15) is 4.88 Å². The Kier molecular flexibility index (Phi) is 5.71. The predicted octanol–water partition coefficient (Wildman–Crippen LogP) is 6.71. The first-order chi connectivity index (χ1) is 15.5. The topological polar surface area (TPSA) is 51.0 Å². The number of nitrogens with zero attached hydrogens (tertiary/aromatic N) is 4. The molecule has 0 saturated heterocycles. The van der Waals surface area contributed by atoms with E-state index in [1.807, 2.05) is 35.0 Å². The zero-order valence-electron chi connectivity index (χ0n) is 17.7. The lowest BCUT2D eigenvalue weighted by Gasteiger charge is -2.19. The summed E-state index contributed by atoms with van der Waals surface area (Å²) in [6.07, 6.45) is 6.26. The molecule has 0 unspecified atom stereocenters. The third-order valence-electron chi connectivity index (χ3n) is 5.64. The van der Waals surface area contributed by atoms with E-state index in [0.29, 0.717) is 21.6 Å². The van der Waals surface area contributed by atoms with E-state index < -0.39 is 0 Å². The molecule has 0 bridgehead atoms. The van der Waals surface area contributed by atoms with Gasteiger partial charge in [0.25, 0.3) is 5.91 Å². The van der Waals surface area contributed by atoms with Crippen molar-refractivity contribution in [1.82, 2.24) is 14.5 Å². The summed E-state index contributed by atoms with van der Waals surface area (Å²) >= 11 is 9.64. The largest absolute Gasteiger partial charge is 0.337 e. The number of aryl methyl sites for hydroxylation is 3. The SMILES string of the molecule is Cc1ccc2sc(N(CCCn3ccnc3)C(=O)c3sc4ccccc4c3Cl)nc2c1C. The van der Waals surface area contributed by atoms with Crippen LogP contribution in [0.25, 0.3) is 20.3 Å². The minimum atomic E-state index is -0.102. The lowest BCUT2D eigenvalue weighted by Crippen LogP contribution is -2.32. The molecule has 32 heavy (non-hydrogen) atoms. The van der Waals surface area contributed by atoms with E-state index in [2.05, 4.69) is 31.0 Å². The van der Waals surface area contributed by atoms with Gasteiger partial charge in [0.05, 0.1) is 21.6 Å². The summed E-state index contributed by atoms with van der Waals surface area (Å²) in [5.74, 6) is -0.102. The second-order valence-electron chi connectivity index (χ2n) is 7.70. The molecule has 3 aromatic heterocycles. The molecule has 8 heteroatoms. The number of hydrogen-bond acceptors (Lipinski definition) is 5. The number of fused-ring (bicyclic) bond motifs is 2. The normalized spacial score (nSPS) is 11.5. The van der Waals surface area contributed by atoms with Crippen LogP contribution in [0, 0.1) is 13.8 Å². The Hall–Kier alpha value is -2.74. The number of benzene rings is 2. The molecular formula is C24H21ClN4OS2. The van der Waals surface area contributed by atoms with Crippen LogP contribution in [0.2, 0.25) is 5.02 Å². The smallest absolute Gasteiger partial charge is 0.271 e. The molecule has 0 aliphatic heterocycles. The standard InChI is InChI=1S/C24H21ClN4OS2/c1-15-8-9-19-21(16(15)2)27-24(32-19)29(12-5-11-28-13-10-26-14-28)23(30)22-20(25)17-6-3-4-7-18(17)31-22/h3-4,6-10,13-14H,5,11-12H2,1-2H3. The van der Waals surface area contributed by atoms with E-state index >= 15 is 0 Å². The van der Waals surface area contributed by atoms with Crippen LogP contribution < -0.4 is 4.90 Å². The molecular weight excluding hydrogens is 460 g/mol. The molecule has 0 aliphatic rings. The Bertz CT molecular complexity index is 1420. The minimum Gasteiger partial charge on any atom is -0.337 e. The van der Waals surface area contributed by atoms with Gasteiger partial charge >= 0.3 is 0 Å². The highest BCUT2D eigenvalue weighted by atomic mass is 35.5. The Morgan fingerprint density at radius 2 is 1.97 bits per heavy atom. The van der Waals surface area contributed by atoms with Crippen molar-refractivity contribution in [3.63, 3.8) is 0 Å². The summed E-state index contributed by atoms with van der Waals surface area (Å²) in [5.41, 5.74) is 3.30. The van der Waals surface area contributed by atoms with Gasteiger partial charge in [-0.05, 0) is 43.5 Å². The molecule has 1 amide bonds. The second-order valence-corrected chi connectivity index (χ2v) is 10.1. The zero-order valence-corrected chi connectivity index (χ0v) is 20.1. The third kappa shape index (κ3) is 3.81. The maximum absolute atomic E-state index is 13.8. The fourth-order valence-corrected chi connectivity index (χ4v) is 6.23. The lowest BCUT2D eigenvalue weighted by atomic mass is 10.1. The number of amides is 1. The molecule has 0 atom stereocenters. The Balaban J connectivity index is 1.53. The molecule has 2 aromatic carbocycles. The van der Waals surface area contributed by atoms with E-state index in [1.165, 1.54) is 16.9 Å². The van der Waals surface area contributed by atoms with E-state index in [9.17, 15) is 4.79 Å². The fraction of sp³-hybridized carbons (Fsp3) is 0.208. The van der Waals surface area contributed by atoms with Gasteiger partial charge in [0.2, 0.25) is 0 Å². The van der Waals surface area contributed by atoms with Gasteiger partial charge in [0, 0.05) is 35.6 Å². The molecule has 5 nitrogen and oxygen atoms in total. The van der Waals surface area contributed by atoms with Crippen molar-refractivity contribution < 1.29 is 4.79 Å². The summed E-state index contributed by atoms with van der Waals surface area (Å²) in [5, 5.41) is 2.14. The van der Waals surface area contributed by atoms with Crippen molar-refractivity contribution >= 4 is 65.6 Å². The summed E-state index contributed by atoms with van der Waals surface area (Å²) < 4.78 is 4.11. The van der Waals surface area contributed by atoms with Crippen LogP contribution in [-0.4, -0.2) is 27.0 Å². The number of carbonyl (C=O) groups is 1. The summed E-state index contributed by atoms with van der Waals surface area (Å²) in [7, 11) is 0. The van der Waals surface area contributed by atoms with Crippen LogP contribution >= 0.6 is 34.3 Å². The van der Waals surface area contributed by atoms with Gasteiger partial charge in [-0.1, -0.05) is 47.2 Å². The maximum Gasteiger partial charge on any atom is 0.271 e. The van der Waals surface area contributed by atoms with Crippen LogP contribution in [0.3, 0.4) is 0 Å². The number of imidazole rings is 1. The summed E-state index contributed by atoms with van der Waals surface area (Å²) in [4.78, 5) is 25.1. The van der Waals surface area contributed by atoms with E-state index in [-0.39, 0.29) is 5.91 Å². The number of anilines is 1. The summed E-state index contributed by atoms with van der Waals surface area (Å²) in [6, 6.07) is 12.0. The van der Waals surface area contributed by atoms with Crippen molar-refractivity contribution in [2.75, 3.05) is 11.4 Å². The highest BCUT2D eigenvalue weighted by molar-refractivity contribution is 7.23. The monoisotopic (exact) mass is 480 g/mol. The van der Waals surface area contributed by atoms with Crippen molar-refractivity contribution in [3.05, 3.63) is 76.1 Å². The third-order valence-corrected chi connectivity index (χ3v) is 8.34. The number of aromatic nitrogens is 3. The lowest BCUT2D eigenvalue weighted by molar-refractivity contribution is 0.0990. The van der Waals surface area contributed by atoms with E-state index in [4.69, 9.17) is 16.6 Å². The predicted molar refractivity (Wildman–Crippen MR) is 134 cm³/mol. The van der Waals surface area contributed by atoms with Gasteiger partial charge in [-0.15, -0.1) is 11.3 Å². The molecule has 162 valence electrons. The van der Waals surface area contributed by atoms with Gasteiger partial charge in [-0.25, -0.2) is 9.97 Å². The van der Waals surface area contributed by atoms with E-state index in [1.54, 1.807) is 28.8 Å². The van der Waals surface area contributed by atoms with Crippen molar-refractivity contribution in [2.24, 2.45) is 0 Å². The number of rotatable bonds is 6. The van der Waals surface area contributed by atoms with E-state index in [0.717, 1.165) is 38.8 Å². The quantitative estimate of drug-likeness (QED) is 0.271. The molecule has 0 radical (unpaired) electrons. The molecule has 0 aliphatic carbocycles. The van der Waals surface area contributed by atoms with Crippen LogP contribution in [0.1, 0.15) is 27.2 Å². The fourth-order valence-electron chi connectivity index (χ4n) is 3.72. The van der Waals surface area contributed by atoms with Gasteiger partial charge in [-0.3, -0.25) is 9.69 Å².